The molecule has 0 unspecified atom stereocenters. The molecule has 3 aromatic rings. The van der Waals surface area contributed by atoms with Crippen molar-refractivity contribution in [3.8, 4) is 0 Å². The Labute approximate surface area is 115 Å². The van der Waals surface area contributed by atoms with Gasteiger partial charge in [0.15, 0.2) is 0 Å². The standard InChI is InChI=1S/C15H13N3O2/c1-10-2-4-12(5-3-10)17-13-6-7-14-11(8-13)9-16-18(14)15(19)20/h2-9,17H,1H3,(H,19,20). The maximum atomic E-state index is 11.0. The molecule has 20 heavy (non-hydrogen) atoms. The summed E-state index contributed by atoms with van der Waals surface area (Å²) in [4.78, 5) is 11.0. The molecule has 0 saturated heterocycles. The number of aromatic nitrogens is 2. The predicted octanol–water partition coefficient (Wildman–Crippen LogP) is 3.61. The Hall–Kier alpha value is -2.82. The zero-order chi connectivity index (χ0) is 14.1. The van der Waals surface area contributed by atoms with Crippen LogP contribution in [0, 0.1) is 6.92 Å². The van der Waals surface area contributed by atoms with E-state index in [0.29, 0.717) is 5.52 Å². The summed E-state index contributed by atoms with van der Waals surface area (Å²) in [6.07, 6.45) is 0.461. The van der Waals surface area contributed by atoms with Gasteiger partial charge in [0.2, 0.25) is 0 Å². The van der Waals surface area contributed by atoms with Crippen LogP contribution in [0.3, 0.4) is 0 Å². The topological polar surface area (TPSA) is 67.2 Å². The first-order valence-electron chi connectivity index (χ1n) is 6.18. The fourth-order valence-electron chi connectivity index (χ4n) is 2.07. The van der Waals surface area contributed by atoms with E-state index in [0.717, 1.165) is 21.4 Å². The third-order valence-electron chi connectivity index (χ3n) is 3.09. The van der Waals surface area contributed by atoms with Crippen LogP contribution in [0.25, 0.3) is 10.9 Å². The van der Waals surface area contributed by atoms with Gasteiger partial charge >= 0.3 is 6.09 Å². The van der Waals surface area contributed by atoms with Crippen LogP contribution in [-0.2, 0) is 0 Å². The smallest absolute Gasteiger partial charge is 0.432 e. The van der Waals surface area contributed by atoms with Gasteiger partial charge in [0, 0.05) is 16.8 Å². The number of carboxylic acid groups (broad SMARTS) is 1. The molecule has 2 aromatic carbocycles. The molecule has 2 N–H and O–H groups in total. The number of aryl methyl sites for hydroxylation is 1. The van der Waals surface area contributed by atoms with Crippen molar-refractivity contribution >= 4 is 28.4 Å². The molecule has 0 aliphatic heterocycles. The molecule has 0 saturated carbocycles. The van der Waals surface area contributed by atoms with Crippen molar-refractivity contribution in [2.45, 2.75) is 6.92 Å². The molecule has 0 amide bonds. The molecular weight excluding hydrogens is 254 g/mol. The van der Waals surface area contributed by atoms with E-state index in [1.54, 1.807) is 12.3 Å². The van der Waals surface area contributed by atoms with Crippen molar-refractivity contribution in [1.29, 1.82) is 0 Å². The van der Waals surface area contributed by atoms with Gasteiger partial charge in [0.05, 0.1) is 11.7 Å². The van der Waals surface area contributed by atoms with Gasteiger partial charge in [-0.3, -0.25) is 0 Å². The molecule has 0 fully saturated rings. The van der Waals surface area contributed by atoms with Crippen molar-refractivity contribution in [3.63, 3.8) is 0 Å². The van der Waals surface area contributed by atoms with Gasteiger partial charge in [-0.1, -0.05) is 17.7 Å². The molecule has 5 nitrogen and oxygen atoms in total. The molecule has 0 spiro atoms. The normalized spacial score (nSPS) is 10.7. The Balaban J connectivity index is 1.93. The number of rotatable bonds is 2. The Kier molecular flexibility index (Phi) is 2.87. The molecule has 1 heterocycles. The van der Waals surface area contributed by atoms with Crippen molar-refractivity contribution in [1.82, 2.24) is 9.78 Å². The number of nitrogens with one attached hydrogen (secondary N) is 1. The van der Waals surface area contributed by atoms with Crippen molar-refractivity contribution < 1.29 is 9.90 Å². The maximum absolute atomic E-state index is 11.0. The number of anilines is 2. The van der Waals surface area contributed by atoms with Gasteiger partial charge in [0.1, 0.15) is 0 Å². The van der Waals surface area contributed by atoms with Crippen molar-refractivity contribution in [2.75, 3.05) is 5.32 Å². The van der Waals surface area contributed by atoms with E-state index in [4.69, 9.17) is 5.11 Å². The molecule has 0 aliphatic rings. The summed E-state index contributed by atoms with van der Waals surface area (Å²) in [5.41, 5.74) is 3.66. The van der Waals surface area contributed by atoms with E-state index < -0.39 is 6.09 Å². The third-order valence-corrected chi connectivity index (χ3v) is 3.09. The minimum Gasteiger partial charge on any atom is -0.463 e. The van der Waals surface area contributed by atoms with Crippen LogP contribution in [0.1, 0.15) is 5.56 Å². The van der Waals surface area contributed by atoms with Crippen LogP contribution in [0.4, 0.5) is 16.2 Å². The fourth-order valence-corrected chi connectivity index (χ4v) is 2.07. The van der Waals surface area contributed by atoms with Gasteiger partial charge in [-0.25, -0.2) is 4.79 Å². The molecule has 5 heteroatoms. The van der Waals surface area contributed by atoms with Gasteiger partial charge < -0.3 is 10.4 Å². The summed E-state index contributed by atoms with van der Waals surface area (Å²) < 4.78 is 0.963. The lowest BCUT2D eigenvalue weighted by atomic mass is 10.2. The third kappa shape index (κ3) is 2.21. The van der Waals surface area contributed by atoms with E-state index in [1.807, 2.05) is 43.3 Å². The van der Waals surface area contributed by atoms with Gasteiger partial charge in [-0.2, -0.15) is 9.78 Å². The largest absolute Gasteiger partial charge is 0.463 e. The number of nitrogens with zero attached hydrogens (tertiary/aromatic N) is 2. The van der Waals surface area contributed by atoms with E-state index in [1.165, 1.54) is 5.56 Å². The number of fused-ring (bicyclic) bond motifs is 1. The Bertz CT molecular complexity index is 775. The Morgan fingerprint density at radius 3 is 2.55 bits per heavy atom. The van der Waals surface area contributed by atoms with Crippen molar-refractivity contribution in [3.05, 3.63) is 54.2 Å². The number of carbonyl (C=O) groups is 1. The van der Waals surface area contributed by atoms with Crippen LogP contribution >= 0.6 is 0 Å². The average Bonchev–Trinajstić information content (AvgIpc) is 2.84. The lowest BCUT2D eigenvalue weighted by molar-refractivity contribution is 0.194. The van der Waals surface area contributed by atoms with E-state index >= 15 is 0 Å². The monoisotopic (exact) mass is 267 g/mol. The Morgan fingerprint density at radius 1 is 1.15 bits per heavy atom. The van der Waals surface area contributed by atoms with Crippen LogP contribution in [-0.4, -0.2) is 21.0 Å². The van der Waals surface area contributed by atoms with Gasteiger partial charge in [-0.15, -0.1) is 0 Å². The molecule has 1 aromatic heterocycles. The highest BCUT2D eigenvalue weighted by Crippen LogP contribution is 2.22. The van der Waals surface area contributed by atoms with Gasteiger partial charge in [-0.05, 0) is 37.3 Å². The number of benzene rings is 2. The first-order valence-corrected chi connectivity index (χ1v) is 6.18. The van der Waals surface area contributed by atoms with Crippen molar-refractivity contribution in [2.24, 2.45) is 0 Å². The summed E-state index contributed by atoms with van der Waals surface area (Å²) in [6.45, 7) is 2.04. The molecule has 3 rings (SSSR count). The summed E-state index contributed by atoms with van der Waals surface area (Å²) >= 11 is 0. The van der Waals surface area contributed by atoms with E-state index in [9.17, 15) is 4.79 Å². The average molecular weight is 267 g/mol. The summed E-state index contributed by atoms with van der Waals surface area (Å²) in [5, 5.41) is 16.9. The maximum Gasteiger partial charge on any atom is 0.432 e. The predicted molar refractivity (Wildman–Crippen MR) is 77.6 cm³/mol. The molecule has 100 valence electrons. The van der Waals surface area contributed by atoms with E-state index in [2.05, 4.69) is 10.4 Å². The lowest BCUT2D eigenvalue weighted by Gasteiger charge is -2.07. The number of hydrogen-bond acceptors (Lipinski definition) is 3. The minimum atomic E-state index is -1.08. The summed E-state index contributed by atoms with van der Waals surface area (Å²) in [6, 6.07) is 13.5. The zero-order valence-electron chi connectivity index (χ0n) is 10.9. The fraction of sp³-hybridized carbons (Fsp3) is 0.0667. The molecule has 0 radical (unpaired) electrons. The zero-order valence-corrected chi connectivity index (χ0v) is 10.9. The first kappa shape index (κ1) is 12.2. The van der Waals surface area contributed by atoms with Crippen LogP contribution in [0.15, 0.2) is 48.7 Å². The second-order valence-corrected chi connectivity index (χ2v) is 4.60. The molecule has 0 bridgehead atoms. The molecular formula is C15H13N3O2. The second kappa shape index (κ2) is 4.70. The molecule has 0 aliphatic carbocycles. The van der Waals surface area contributed by atoms with Gasteiger partial charge in [0.25, 0.3) is 0 Å². The highest BCUT2D eigenvalue weighted by molar-refractivity contribution is 5.89. The Morgan fingerprint density at radius 2 is 1.85 bits per heavy atom. The van der Waals surface area contributed by atoms with Crippen LogP contribution in [0.2, 0.25) is 0 Å². The summed E-state index contributed by atoms with van der Waals surface area (Å²) in [7, 11) is 0. The first-order chi connectivity index (χ1) is 9.63. The highest BCUT2D eigenvalue weighted by atomic mass is 16.4. The lowest BCUT2D eigenvalue weighted by Crippen LogP contribution is -2.08. The molecule has 0 atom stereocenters. The van der Waals surface area contributed by atoms with E-state index in [-0.39, 0.29) is 0 Å². The second-order valence-electron chi connectivity index (χ2n) is 4.60. The SMILES string of the molecule is Cc1ccc(Nc2ccc3c(cnn3C(=O)O)c2)cc1. The summed E-state index contributed by atoms with van der Waals surface area (Å²) in [5.74, 6) is 0. The number of hydrogen-bond donors (Lipinski definition) is 2. The van der Waals surface area contributed by atoms with Crippen LogP contribution < -0.4 is 5.32 Å². The minimum absolute atomic E-state index is 0.576. The quantitative estimate of drug-likeness (QED) is 0.744. The van der Waals surface area contributed by atoms with Crippen LogP contribution in [0.5, 0.6) is 0 Å². The highest BCUT2D eigenvalue weighted by Gasteiger charge is 2.08.